The van der Waals surface area contributed by atoms with Crippen molar-refractivity contribution in [2.45, 2.75) is 91.3 Å². The molecule has 8 heterocycles. The summed E-state index contributed by atoms with van der Waals surface area (Å²) in [6.45, 7) is 13.2. The van der Waals surface area contributed by atoms with Gasteiger partial charge in [-0.1, -0.05) is 102 Å². The zero-order valence-electron chi connectivity index (χ0n) is 41.2. The molecule has 0 spiro atoms. The summed E-state index contributed by atoms with van der Waals surface area (Å²) < 4.78 is 7.21. The van der Waals surface area contributed by atoms with E-state index in [0.29, 0.717) is 6.54 Å². The highest BCUT2D eigenvalue weighted by molar-refractivity contribution is 5.87. The van der Waals surface area contributed by atoms with E-state index in [2.05, 4.69) is 181 Å². The maximum atomic E-state index is 10.8. The van der Waals surface area contributed by atoms with Gasteiger partial charge in [-0.15, -0.1) is 0 Å². The molecule has 0 radical (unpaired) electrons. The second-order valence-electron chi connectivity index (χ2n) is 19.7. The molecule has 1 atom stereocenters. The highest BCUT2D eigenvalue weighted by Gasteiger charge is 2.26. The lowest BCUT2D eigenvalue weighted by molar-refractivity contribution is 0.156. The van der Waals surface area contributed by atoms with Crippen molar-refractivity contribution < 1.29 is 5.11 Å². The summed E-state index contributed by atoms with van der Waals surface area (Å²) in [5.74, 6) is 0. The van der Waals surface area contributed by atoms with E-state index in [1.54, 1.807) is 6.33 Å². The molecule has 10 heteroatoms. The van der Waals surface area contributed by atoms with Gasteiger partial charge in [0, 0.05) is 123 Å². The zero-order chi connectivity index (χ0) is 47.4. The summed E-state index contributed by atoms with van der Waals surface area (Å²) >= 11 is 0. The molecule has 0 saturated carbocycles. The number of rotatable bonds is 9. The fourth-order valence-electron chi connectivity index (χ4n) is 10.9. The number of aryl methyl sites for hydroxylation is 6. The van der Waals surface area contributed by atoms with E-state index in [9.17, 15) is 5.11 Å². The minimum absolute atomic E-state index is 0.485. The van der Waals surface area contributed by atoms with Crippen LogP contribution in [0, 0.1) is 13.8 Å². The van der Waals surface area contributed by atoms with Crippen LogP contribution in [0.15, 0.2) is 134 Å². The van der Waals surface area contributed by atoms with Gasteiger partial charge in [0.15, 0.2) is 0 Å². The molecule has 354 valence electrons. The molecule has 3 aliphatic heterocycles. The van der Waals surface area contributed by atoms with Gasteiger partial charge in [-0.3, -0.25) is 0 Å². The minimum atomic E-state index is -0.485. The molecule has 9 aromatic rings. The highest BCUT2D eigenvalue weighted by atomic mass is 16.3. The second-order valence-corrected chi connectivity index (χ2v) is 19.7. The molecular formula is C59H67N9O. The van der Waals surface area contributed by atoms with Gasteiger partial charge in [0.25, 0.3) is 0 Å². The van der Waals surface area contributed by atoms with Crippen LogP contribution < -0.4 is 0 Å². The van der Waals surface area contributed by atoms with Gasteiger partial charge in [0.05, 0.1) is 12.6 Å². The van der Waals surface area contributed by atoms with E-state index in [1.807, 2.05) is 24.5 Å². The normalized spacial score (nSPS) is 15.5. The Labute approximate surface area is 407 Å². The number of pyridine rings is 1. The van der Waals surface area contributed by atoms with Crippen molar-refractivity contribution in [1.29, 1.82) is 0 Å². The van der Waals surface area contributed by atoms with Crippen LogP contribution in [0.1, 0.15) is 67.7 Å². The third kappa shape index (κ3) is 10.0. The first-order chi connectivity index (χ1) is 33.7. The summed E-state index contributed by atoms with van der Waals surface area (Å²) in [5, 5.41) is 14.7. The molecule has 12 rings (SSSR count). The Morgan fingerprint density at radius 1 is 0.536 bits per heavy atom. The van der Waals surface area contributed by atoms with Crippen LogP contribution in [0.4, 0.5) is 0 Å². The van der Waals surface area contributed by atoms with E-state index in [0.717, 1.165) is 101 Å². The maximum Gasteiger partial charge on any atom is 0.143 e. The van der Waals surface area contributed by atoms with E-state index in [4.69, 9.17) is 0 Å². The Balaban J connectivity index is 0.000000121. The average molecular weight is 918 g/mol. The van der Waals surface area contributed by atoms with Gasteiger partial charge in [0.1, 0.15) is 17.6 Å². The van der Waals surface area contributed by atoms with Crippen molar-refractivity contribution in [3.63, 3.8) is 0 Å². The number of fused-ring (bicyclic) bond motifs is 9. The van der Waals surface area contributed by atoms with Gasteiger partial charge in [0.2, 0.25) is 0 Å². The van der Waals surface area contributed by atoms with E-state index in [1.165, 1.54) is 77.7 Å². The summed E-state index contributed by atoms with van der Waals surface area (Å²) in [7, 11) is 6.56. The van der Waals surface area contributed by atoms with Gasteiger partial charge in [-0.25, -0.2) is 15.0 Å². The summed E-state index contributed by atoms with van der Waals surface area (Å²) in [5.41, 5.74) is 18.4. The van der Waals surface area contributed by atoms with Crippen molar-refractivity contribution >= 4 is 33.0 Å². The van der Waals surface area contributed by atoms with E-state index in [-0.39, 0.29) is 0 Å². The number of benzene rings is 4. The lowest BCUT2D eigenvalue weighted by Crippen LogP contribution is -2.27. The van der Waals surface area contributed by atoms with Crippen LogP contribution in [-0.4, -0.2) is 89.2 Å². The molecule has 0 aliphatic carbocycles. The first-order valence-corrected chi connectivity index (χ1v) is 24.9. The first-order valence-electron chi connectivity index (χ1n) is 24.9. The van der Waals surface area contributed by atoms with Crippen LogP contribution in [-0.2, 0) is 71.4 Å². The second kappa shape index (κ2) is 20.7. The predicted molar refractivity (Wildman–Crippen MR) is 280 cm³/mol. The molecule has 4 aromatic carbocycles. The van der Waals surface area contributed by atoms with Gasteiger partial charge in [-0.05, 0) is 105 Å². The largest absolute Gasteiger partial charge is 0.387 e. The van der Waals surface area contributed by atoms with Crippen molar-refractivity contribution in [2.75, 3.05) is 40.8 Å². The Hall–Kier alpha value is -6.43. The van der Waals surface area contributed by atoms with Gasteiger partial charge >= 0.3 is 0 Å². The number of hydrogen-bond acceptors (Lipinski definition) is 7. The van der Waals surface area contributed by atoms with Crippen molar-refractivity contribution in [3.8, 4) is 0 Å². The summed E-state index contributed by atoms with van der Waals surface area (Å²) in [6.07, 6.45) is 10.4. The van der Waals surface area contributed by atoms with Gasteiger partial charge < -0.3 is 33.5 Å². The molecule has 3 aliphatic rings. The molecule has 5 aromatic heterocycles. The van der Waals surface area contributed by atoms with Crippen LogP contribution in [0.2, 0.25) is 0 Å². The minimum Gasteiger partial charge on any atom is -0.387 e. The third-order valence-electron chi connectivity index (χ3n) is 14.7. The van der Waals surface area contributed by atoms with Crippen LogP contribution in [0.5, 0.6) is 0 Å². The molecule has 0 amide bonds. The number of aliphatic hydroxyl groups excluding tert-OH is 1. The first kappa shape index (κ1) is 46.3. The number of aromatic nitrogens is 6. The highest BCUT2D eigenvalue weighted by Crippen LogP contribution is 2.34. The monoisotopic (exact) mass is 918 g/mol. The quantitative estimate of drug-likeness (QED) is 0.154. The van der Waals surface area contributed by atoms with Crippen molar-refractivity contribution in [1.82, 2.24) is 43.4 Å². The van der Waals surface area contributed by atoms with Crippen molar-refractivity contribution in [2.24, 2.45) is 0 Å². The summed E-state index contributed by atoms with van der Waals surface area (Å²) in [4.78, 5) is 20.6. The Morgan fingerprint density at radius 3 is 1.65 bits per heavy atom. The fraction of sp³-hybridized carbons (Fsp3) is 0.339. The van der Waals surface area contributed by atoms with Gasteiger partial charge in [-0.2, -0.15) is 0 Å². The number of aliphatic hydroxyl groups is 1. The van der Waals surface area contributed by atoms with Crippen LogP contribution >= 0.6 is 0 Å². The maximum absolute atomic E-state index is 10.8. The average Bonchev–Trinajstić information content (AvgIpc) is 3.97. The molecular weight excluding hydrogens is 851 g/mol. The van der Waals surface area contributed by atoms with E-state index < -0.39 is 6.10 Å². The number of likely N-dealkylation sites (N-methyl/N-ethyl adjacent to an activating group) is 3. The SMILES string of the molecule is CN1CCc2c(c3cccnc3n2CCc2ccccc2)C1.CN1CCc2c(c3cncnc3n2CCc2ccccc2)C1.Cc1ccc(C(O)Cn2c3c(c4cc(C)ccc42)CN(C)CC3)cc1. The standard InChI is InChI=1S/C22H26N2O.C19H21N3.C18H20N4/c1-15-4-7-17(8-5-15)22(25)14-24-20-9-6-16(2)12-18(20)19-13-23(3)11-10-21(19)24;1-21-12-10-18-17(14-21)16-8-5-11-20-19(16)22(18)13-9-15-6-3-2-4-7-15;1-21-9-8-17-16(12-21)15-11-19-13-20-18(15)22(17)10-7-14-5-3-2-4-6-14/h4-9,12,22,25H,10-11,13-14H2,1-3H3;2-8,11H,9-10,12-14H2,1H3;2-6,11,13H,7-10,12H2,1H3. The fourth-order valence-corrected chi connectivity index (χ4v) is 10.9. The third-order valence-corrected chi connectivity index (χ3v) is 14.7. The molecule has 1 unspecified atom stereocenters. The molecule has 0 saturated heterocycles. The Morgan fingerprint density at radius 2 is 1.06 bits per heavy atom. The van der Waals surface area contributed by atoms with E-state index >= 15 is 0 Å². The number of hydrogen-bond donors (Lipinski definition) is 1. The molecule has 0 fully saturated rings. The molecule has 0 bridgehead atoms. The molecule has 69 heavy (non-hydrogen) atoms. The summed E-state index contributed by atoms with van der Waals surface area (Å²) in [6, 6.07) is 40.6. The lowest BCUT2D eigenvalue weighted by atomic mass is 10.0. The predicted octanol–water partition coefficient (Wildman–Crippen LogP) is 9.91. The Kier molecular flexibility index (Phi) is 13.9. The Bertz CT molecular complexity index is 3030. The number of nitrogens with zero attached hydrogens (tertiary/aromatic N) is 9. The lowest BCUT2D eigenvalue weighted by Gasteiger charge is -2.25. The topological polar surface area (TPSA) is 83.4 Å². The molecule has 10 nitrogen and oxygen atoms in total. The van der Waals surface area contributed by atoms with Crippen molar-refractivity contribution in [3.05, 3.63) is 196 Å². The zero-order valence-corrected chi connectivity index (χ0v) is 41.2. The molecule has 1 N–H and O–H groups in total. The van der Waals surface area contributed by atoms with Crippen LogP contribution in [0.25, 0.3) is 33.0 Å². The smallest absolute Gasteiger partial charge is 0.143 e. The van der Waals surface area contributed by atoms with Crippen LogP contribution in [0.3, 0.4) is 0 Å².